The molecule has 0 saturated carbocycles. The fourth-order valence-electron chi connectivity index (χ4n) is 1.24. The van der Waals surface area contributed by atoms with Crippen molar-refractivity contribution in [2.75, 3.05) is 6.61 Å². The van der Waals surface area contributed by atoms with E-state index in [-0.39, 0.29) is 12.8 Å². The Bertz CT molecular complexity index is 226. The molecule has 16 heavy (non-hydrogen) atoms. The molecule has 0 spiro atoms. The smallest absolute Gasteiger partial charge is 0.306 e. The molecule has 0 saturated heterocycles. The Hall–Kier alpha value is -0.940. The molecule has 0 rings (SSSR count). The molecule has 0 fully saturated rings. The average Bonchev–Trinajstić information content (AvgIpc) is 2.25. The molecule has 0 heterocycles. The lowest BCUT2D eigenvalue weighted by atomic mass is 10.1. The highest BCUT2D eigenvalue weighted by molar-refractivity contribution is 5.83. The predicted octanol–water partition coefficient (Wildman–Crippen LogP) is 0.421. The monoisotopic (exact) mass is 232 g/mol. The van der Waals surface area contributed by atoms with E-state index in [4.69, 9.17) is 9.84 Å². The molecular formula is C11H20O5. The second kappa shape index (κ2) is 8.24. The van der Waals surface area contributed by atoms with Gasteiger partial charge >= 0.3 is 5.97 Å². The summed E-state index contributed by atoms with van der Waals surface area (Å²) < 4.78 is 4.81. The number of aliphatic hydroxyl groups excluding tert-OH is 2. The van der Waals surface area contributed by atoms with Crippen molar-refractivity contribution in [3.63, 3.8) is 0 Å². The third-order valence-corrected chi connectivity index (χ3v) is 2.10. The van der Waals surface area contributed by atoms with E-state index in [0.717, 1.165) is 0 Å². The van der Waals surface area contributed by atoms with Crippen LogP contribution in [0.25, 0.3) is 0 Å². The molecule has 5 heteroatoms. The fourth-order valence-corrected chi connectivity index (χ4v) is 1.24. The lowest BCUT2D eigenvalue weighted by Gasteiger charge is -2.20. The van der Waals surface area contributed by atoms with Crippen LogP contribution in [0.2, 0.25) is 0 Å². The molecule has 0 radical (unpaired) electrons. The summed E-state index contributed by atoms with van der Waals surface area (Å²) in [6, 6.07) is 0. The highest BCUT2D eigenvalue weighted by Gasteiger charge is 2.27. The fraction of sp³-hybridized carbons (Fsp3) is 0.818. The van der Waals surface area contributed by atoms with Gasteiger partial charge in [0.2, 0.25) is 0 Å². The van der Waals surface area contributed by atoms with Crippen molar-refractivity contribution in [1.82, 2.24) is 0 Å². The highest BCUT2D eigenvalue weighted by atomic mass is 16.6. The minimum Gasteiger partial charge on any atom is -0.457 e. The molecule has 2 atom stereocenters. The summed E-state index contributed by atoms with van der Waals surface area (Å²) in [5.74, 6) is -0.921. The van der Waals surface area contributed by atoms with Gasteiger partial charge in [-0.05, 0) is 12.8 Å². The number of carbonyl (C=O) groups excluding carboxylic acids is 2. The van der Waals surface area contributed by atoms with E-state index in [2.05, 4.69) is 0 Å². The van der Waals surface area contributed by atoms with Crippen LogP contribution < -0.4 is 0 Å². The molecule has 2 unspecified atom stereocenters. The highest BCUT2D eigenvalue weighted by Crippen LogP contribution is 2.06. The van der Waals surface area contributed by atoms with Gasteiger partial charge in [-0.2, -0.15) is 0 Å². The first-order valence-electron chi connectivity index (χ1n) is 5.57. The van der Waals surface area contributed by atoms with Gasteiger partial charge in [-0.1, -0.05) is 13.8 Å². The molecule has 0 aliphatic carbocycles. The number of esters is 1. The maximum absolute atomic E-state index is 11.3. The largest absolute Gasteiger partial charge is 0.457 e. The summed E-state index contributed by atoms with van der Waals surface area (Å²) in [6.07, 6.45) is -0.912. The number of hydrogen-bond donors (Lipinski definition) is 2. The maximum atomic E-state index is 11.3. The minimum absolute atomic E-state index is 0.211. The summed E-state index contributed by atoms with van der Waals surface area (Å²) >= 11 is 0. The van der Waals surface area contributed by atoms with Crippen LogP contribution in [0.5, 0.6) is 0 Å². The van der Waals surface area contributed by atoms with Crippen molar-refractivity contribution in [3.05, 3.63) is 0 Å². The van der Waals surface area contributed by atoms with Crippen LogP contribution in [0.4, 0.5) is 0 Å². The second-order valence-electron chi connectivity index (χ2n) is 3.62. The third-order valence-electron chi connectivity index (χ3n) is 2.10. The van der Waals surface area contributed by atoms with E-state index in [0.29, 0.717) is 12.8 Å². The number of Topliss-reactive ketones (excluding diaryl/α,β-unsaturated/α-hetero) is 1. The molecular weight excluding hydrogens is 212 g/mol. The van der Waals surface area contributed by atoms with Crippen LogP contribution in [0, 0.1) is 0 Å². The van der Waals surface area contributed by atoms with Crippen molar-refractivity contribution < 1.29 is 24.5 Å². The summed E-state index contributed by atoms with van der Waals surface area (Å²) in [5, 5.41) is 18.5. The molecule has 0 amide bonds. The van der Waals surface area contributed by atoms with Gasteiger partial charge < -0.3 is 14.9 Å². The number of rotatable bonds is 8. The number of ether oxygens (including phenoxy) is 1. The zero-order valence-corrected chi connectivity index (χ0v) is 9.81. The number of hydrogen-bond acceptors (Lipinski definition) is 5. The topological polar surface area (TPSA) is 83.8 Å². The SMILES string of the molecule is CCCC(=O)OC(CO)C(O)C(=O)CCC. The van der Waals surface area contributed by atoms with Gasteiger partial charge in [0.1, 0.15) is 0 Å². The van der Waals surface area contributed by atoms with Crippen molar-refractivity contribution in [3.8, 4) is 0 Å². The van der Waals surface area contributed by atoms with E-state index < -0.39 is 30.6 Å². The van der Waals surface area contributed by atoms with E-state index >= 15 is 0 Å². The Morgan fingerprint density at radius 3 is 2.19 bits per heavy atom. The molecule has 0 aromatic carbocycles. The molecule has 94 valence electrons. The van der Waals surface area contributed by atoms with Gasteiger partial charge in [-0.3, -0.25) is 9.59 Å². The number of carbonyl (C=O) groups is 2. The normalized spacial score (nSPS) is 14.2. The lowest BCUT2D eigenvalue weighted by Crippen LogP contribution is -2.39. The molecule has 0 bridgehead atoms. The Kier molecular flexibility index (Phi) is 7.76. The van der Waals surface area contributed by atoms with Gasteiger partial charge in [-0.25, -0.2) is 0 Å². The zero-order valence-electron chi connectivity index (χ0n) is 9.81. The van der Waals surface area contributed by atoms with Crippen LogP contribution in [0.15, 0.2) is 0 Å². The minimum atomic E-state index is -1.43. The van der Waals surface area contributed by atoms with E-state index in [1.807, 2.05) is 13.8 Å². The molecule has 0 aliphatic rings. The van der Waals surface area contributed by atoms with Crippen molar-refractivity contribution in [2.24, 2.45) is 0 Å². The molecule has 0 aromatic heterocycles. The molecule has 2 N–H and O–H groups in total. The summed E-state index contributed by atoms with van der Waals surface area (Å²) in [5.41, 5.74) is 0. The number of aliphatic hydroxyl groups is 2. The Balaban J connectivity index is 4.25. The van der Waals surface area contributed by atoms with Gasteiger partial charge in [0.25, 0.3) is 0 Å². The van der Waals surface area contributed by atoms with Crippen LogP contribution in [0.1, 0.15) is 39.5 Å². The maximum Gasteiger partial charge on any atom is 0.306 e. The Morgan fingerprint density at radius 2 is 1.75 bits per heavy atom. The summed E-state index contributed by atoms with van der Waals surface area (Å²) in [6.45, 7) is 3.07. The van der Waals surface area contributed by atoms with Crippen LogP contribution in [0.3, 0.4) is 0 Å². The lowest BCUT2D eigenvalue weighted by molar-refractivity contribution is -0.161. The Morgan fingerprint density at radius 1 is 1.19 bits per heavy atom. The Labute approximate surface area is 95.4 Å². The molecule has 5 nitrogen and oxygen atoms in total. The summed E-state index contributed by atoms with van der Waals surface area (Å²) in [7, 11) is 0. The first kappa shape index (κ1) is 15.1. The zero-order chi connectivity index (χ0) is 12.6. The van der Waals surface area contributed by atoms with Gasteiger partial charge in [0, 0.05) is 12.8 Å². The standard InChI is InChI=1S/C11H20O5/c1-3-5-8(13)11(15)9(7-12)16-10(14)6-4-2/h9,11-12,15H,3-7H2,1-2H3. The van der Waals surface area contributed by atoms with E-state index in [1.54, 1.807) is 0 Å². The summed E-state index contributed by atoms with van der Waals surface area (Å²) in [4.78, 5) is 22.5. The molecule has 0 aromatic rings. The van der Waals surface area contributed by atoms with Crippen molar-refractivity contribution in [2.45, 2.75) is 51.7 Å². The first-order chi connectivity index (χ1) is 7.56. The molecule has 0 aliphatic heterocycles. The van der Waals surface area contributed by atoms with E-state index in [1.165, 1.54) is 0 Å². The van der Waals surface area contributed by atoms with Crippen molar-refractivity contribution in [1.29, 1.82) is 0 Å². The van der Waals surface area contributed by atoms with Gasteiger partial charge in [-0.15, -0.1) is 0 Å². The predicted molar refractivity (Wildman–Crippen MR) is 57.8 cm³/mol. The van der Waals surface area contributed by atoms with Crippen LogP contribution in [-0.2, 0) is 14.3 Å². The third kappa shape index (κ3) is 5.23. The number of ketones is 1. The van der Waals surface area contributed by atoms with Crippen molar-refractivity contribution >= 4 is 11.8 Å². The quantitative estimate of drug-likeness (QED) is 0.592. The van der Waals surface area contributed by atoms with Crippen LogP contribution in [-0.4, -0.2) is 40.8 Å². The van der Waals surface area contributed by atoms with Gasteiger partial charge in [0.15, 0.2) is 18.0 Å². The average molecular weight is 232 g/mol. The first-order valence-corrected chi connectivity index (χ1v) is 5.57. The van der Waals surface area contributed by atoms with E-state index in [9.17, 15) is 14.7 Å². The van der Waals surface area contributed by atoms with Crippen LogP contribution >= 0.6 is 0 Å². The second-order valence-corrected chi connectivity index (χ2v) is 3.62. The van der Waals surface area contributed by atoms with Gasteiger partial charge in [0.05, 0.1) is 6.61 Å².